The molecule has 0 saturated heterocycles. The van der Waals surface area contributed by atoms with Crippen molar-refractivity contribution >= 4 is 11.3 Å². The molecule has 96 valence electrons. The number of rotatable bonds is 5. The standard InChI is InChI=1S/C13H22N2OS/c1-13(2,3)12-14-8-11(17-12)9-15(6-7-16)10-4-5-10/h8,10,16H,4-7,9H2,1-3H3. The van der Waals surface area contributed by atoms with Crippen LogP contribution in [0.25, 0.3) is 0 Å². The zero-order valence-corrected chi connectivity index (χ0v) is 11.8. The molecule has 17 heavy (non-hydrogen) atoms. The Balaban J connectivity index is 1.99. The van der Waals surface area contributed by atoms with E-state index in [2.05, 4.69) is 30.7 Å². The summed E-state index contributed by atoms with van der Waals surface area (Å²) in [6.07, 6.45) is 4.56. The minimum atomic E-state index is 0.143. The summed E-state index contributed by atoms with van der Waals surface area (Å²) in [6, 6.07) is 0.697. The second-order valence-corrected chi connectivity index (χ2v) is 6.92. The molecule has 1 aliphatic rings. The summed E-state index contributed by atoms with van der Waals surface area (Å²) in [5.74, 6) is 0. The molecule has 0 atom stereocenters. The van der Waals surface area contributed by atoms with Gasteiger partial charge in [-0.3, -0.25) is 4.90 Å². The normalized spacial score (nSPS) is 16.8. The van der Waals surface area contributed by atoms with Gasteiger partial charge in [-0.1, -0.05) is 20.8 Å². The Morgan fingerprint density at radius 3 is 2.65 bits per heavy atom. The van der Waals surface area contributed by atoms with Crippen molar-refractivity contribution in [3.63, 3.8) is 0 Å². The van der Waals surface area contributed by atoms with E-state index in [-0.39, 0.29) is 12.0 Å². The average molecular weight is 254 g/mol. The van der Waals surface area contributed by atoms with Crippen molar-refractivity contribution in [1.82, 2.24) is 9.88 Å². The first-order valence-corrected chi connectivity index (χ1v) is 7.12. The number of aromatic nitrogens is 1. The van der Waals surface area contributed by atoms with E-state index in [0.29, 0.717) is 6.04 Å². The van der Waals surface area contributed by atoms with Crippen LogP contribution in [-0.2, 0) is 12.0 Å². The molecule has 1 heterocycles. The maximum atomic E-state index is 9.07. The smallest absolute Gasteiger partial charge is 0.0981 e. The van der Waals surface area contributed by atoms with Gasteiger partial charge < -0.3 is 5.11 Å². The molecule has 0 aliphatic heterocycles. The predicted octanol–water partition coefficient (Wildman–Crippen LogP) is 2.40. The van der Waals surface area contributed by atoms with Crippen LogP contribution in [0, 0.1) is 0 Å². The van der Waals surface area contributed by atoms with Crippen molar-refractivity contribution in [2.75, 3.05) is 13.2 Å². The monoisotopic (exact) mass is 254 g/mol. The Hall–Kier alpha value is -0.450. The lowest BCUT2D eigenvalue weighted by Gasteiger charge is -2.19. The third kappa shape index (κ3) is 3.50. The van der Waals surface area contributed by atoms with E-state index in [0.717, 1.165) is 13.1 Å². The van der Waals surface area contributed by atoms with Crippen molar-refractivity contribution in [1.29, 1.82) is 0 Å². The van der Waals surface area contributed by atoms with Crippen LogP contribution in [0.2, 0.25) is 0 Å². The highest BCUT2D eigenvalue weighted by molar-refractivity contribution is 7.11. The van der Waals surface area contributed by atoms with Crippen LogP contribution in [0.5, 0.6) is 0 Å². The molecule has 0 radical (unpaired) electrons. The number of aliphatic hydroxyl groups excluding tert-OH is 1. The van der Waals surface area contributed by atoms with Gasteiger partial charge in [0.25, 0.3) is 0 Å². The lowest BCUT2D eigenvalue weighted by atomic mass is 9.98. The largest absolute Gasteiger partial charge is 0.395 e. The summed E-state index contributed by atoms with van der Waals surface area (Å²) in [7, 11) is 0. The van der Waals surface area contributed by atoms with Gasteiger partial charge in [0.15, 0.2) is 0 Å². The SMILES string of the molecule is CC(C)(C)c1ncc(CN(CCO)C2CC2)s1. The second-order valence-electron chi connectivity index (χ2n) is 5.81. The fourth-order valence-electron chi connectivity index (χ4n) is 1.89. The highest BCUT2D eigenvalue weighted by Crippen LogP contribution is 2.31. The van der Waals surface area contributed by atoms with E-state index in [1.807, 2.05) is 6.20 Å². The minimum Gasteiger partial charge on any atom is -0.395 e. The molecule has 1 N–H and O–H groups in total. The quantitative estimate of drug-likeness (QED) is 0.876. The van der Waals surface area contributed by atoms with Crippen molar-refractivity contribution < 1.29 is 5.11 Å². The van der Waals surface area contributed by atoms with E-state index < -0.39 is 0 Å². The molecule has 1 aliphatic carbocycles. The van der Waals surface area contributed by atoms with Gasteiger partial charge in [0, 0.05) is 35.6 Å². The Kier molecular flexibility index (Phi) is 3.85. The molecular formula is C13H22N2OS. The summed E-state index contributed by atoms with van der Waals surface area (Å²) < 4.78 is 0. The van der Waals surface area contributed by atoms with E-state index in [9.17, 15) is 0 Å². The molecule has 4 heteroatoms. The van der Waals surface area contributed by atoms with Gasteiger partial charge in [0.05, 0.1) is 11.6 Å². The number of thiazole rings is 1. The van der Waals surface area contributed by atoms with E-state index >= 15 is 0 Å². The van der Waals surface area contributed by atoms with Gasteiger partial charge in [0.1, 0.15) is 0 Å². The lowest BCUT2D eigenvalue weighted by Crippen LogP contribution is -2.28. The molecule has 0 spiro atoms. The van der Waals surface area contributed by atoms with Crippen LogP contribution >= 0.6 is 11.3 Å². The maximum Gasteiger partial charge on any atom is 0.0981 e. The Bertz CT molecular complexity index is 366. The zero-order valence-electron chi connectivity index (χ0n) is 10.9. The topological polar surface area (TPSA) is 36.4 Å². The fraction of sp³-hybridized carbons (Fsp3) is 0.769. The van der Waals surface area contributed by atoms with E-state index in [1.54, 1.807) is 11.3 Å². The Morgan fingerprint density at radius 2 is 2.18 bits per heavy atom. The van der Waals surface area contributed by atoms with Crippen LogP contribution in [0.1, 0.15) is 43.5 Å². The molecule has 1 fully saturated rings. The van der Waals surface area contributed by atoms with Gasteiger partial charge in [-0.2, -0.15) is 0 Å². The Labute approximate surface area is 107 Å². The van der Waals surface area contributed by atoms with Gasteiger partial charge in [0.2, 0.25) is 0 Å². The van der Waals surface area contributed by atoms with Crippen LogP contribution in [0.4, 0.5) is 0 Å². The minimum absolute atomic E-state index is 0.143. The van der Waals surface area contributed by atoms with Gasteiger partial charge in [-0.05, 0) is 12.8 Å². The highest BCUT2D eigenvalue weighted by Gasteiger charge is 2.29. The van der Waals surface area contributed by atoms with Crippen molar-refractivity contribution in [3.8, 4) is 0 Å². The first-order chi connectivity index (χ1) is 8.00. The molecule has 3 nitrogen and oxygen atoms in total. The summed E-state index contributed by atoms with van der Waals surface area (Å²) in [5.41, 5.74) is 0.143. The number of hydrogen-bond donors (Lipinski definition) is 1. The molecule has 0 amide bonds. The molecule has 2 rings (SSSR count). The van der Waals surface area contributed by atoms with Crippen molar-refractivity contribution in [3.05, 3.63) is 16.1 Å². The Morgan fingerprint density at radius 1 is 1.47 bits per heavy atom. The van der Waals surface area contributed by atoms with Crippen LogP contribution in [0.15, 0.2) is 6.20 Å². The summed E-state index contributed by atoms with van der Waals surface area (Å²) in [4.78, 5) is 8.20. The third-order valence-electron chi connectivity index (χ3n) is 3.00. The first-order valence-electron chi connectivity index (χ1n) is 6.31. The first kappa shape index (κ1) is 13.0. The van der Waals surface area contributed by atoms with Crippen LogP contribution in [0.3, 0.4) is 0 Å². The van der Waals surface area contributed by atoms with E-state index in [4.69, 9.17) is 5.11 Å². The van der Waals surface area contributed by atoms with E-state index in [1.165, 1.54) is 22.7 Å². The van der Waals surface area contributed by atoms with Gasteiger partial charge in [-0.15, -0.1) is 11.3 Å². The highest BCUT2D eigenvalue weighted by atomic mass is 32.1. The predicted molar refractivity (Wildman–Crippen MR) is 71.3 cm³/mol. The summed E-state index contributed by atoms with van der Waals surface area (Å²) >= 11 is 1.80. The number of nitrogens with zero attached hydrogens (tertiary/aromatic N) is 2. The lowest BCUT2D eigenvalue weighted by molar-refractivity contribution is 0.184. The van der Waals surface area contributed by atoms with Crippen LogP contribution in [-0.4, -0.2) is 34.2 Å². The summed E-state index contributed by atoms with van der Waals surface area (Å²) in [6.45, 7) is 8.57. The van der Waals surface area contributed by atoms with Crippen molar-refractivity contribution in [2.24, 2.45) is 0 Å². The molecule has 1 aromatic rings. The number of hydrogen-bond acceptors (Lipinski definition) is 4. The maximum absolute atomic E-state index is 9.07. The molecule has 1 saturated carbocycles. The summed E-state index contributed by atoms with van der Waals surface area (Å²) in [5, 5.41) is 10.3. The van der Waals surface area contributed by atoms with Crippen molar-refractivity contribution in [2.45, 2.75) is 51.6 Å². The zero-order chi connectivity index (χ0) is 12.5. The molecule has 0 unspecified atom stereocenters. The van der Waals surface area contributed by atoms with Gasteiger partial charge in [-0.25, -0.2) is 4.98 Å². The van der Waals surface area contributed by atoms with Crippen LogP contribution < -0.4 is 0 Å². The number of aliphatic hydroxyl groups is 1. The third-order valence-corrected chi connectivity index (χ3v) is 4.41. The molecule has 1 aromatic heterocycles. The molecule has 0 bridgehead atoms. The fourth-order valence-corrected chi connectivity index (χ4v) is 2.88. The van der Waals surface area contributed by atoms with Gasteiger partial charge >= 0.3 is 0 Å². The molecule has 0 aromatic carbocycles. The second kappa shape index (κ2) is 5.04. The average Bonchev–Trinajstić information content (AvgIpc) is 2.96. The molecular weight excluding hydrogens is 232 g/mol.